The predicted molar refractivity (Wildman–Crippen MR) is 65.2 cm³/mol. The van der Waals surface area contributed by atoms with Gasteiger partial charge in [-0.3, -0.25) is 9.59 Å². The van der Waals surface area contributed by atoms with Crippen LogP contribution in [0.4, 0.5) is 0 Å². The van der Waals surface area contributed by atoms with E-state index in [4.69, 9.17) is 0 Å². The number of carbonyl (C=O) groups excluding carboxylic acids is 2. The minimum absolute atomic E-state index is 0.263. The summed E-state index contributed by atoms with van der Waals surface area (Å²) in [5.74, 6) is -2.06. The van der Waals surface area contributed by atoms with Crippen LogP contribution in [0.25, 0.3) is 0 Å². The lowest BCUT2D eigenvalue weighted by molar-refractivity contribution is -0.158. The zero-order valence-electron chi connectivity index (χ0n) is 10.4. The molecule has 0 amide bonds. The number of methoxy groups -OCH3 is 2. The monoisotopic (exact) mass is 238 g/mol. The van der Waals surface area contributed by atoms with Crippen LogP contribution >= 0.6 is 0 Å². The Morgan fingerprint density at radius 2 is 1.53 bits per heavy atom. The van der Waals surface area contributed by atoms with Gasteiger partial charge in [-0.1, -0.05) is 36.5 Å². The van der Waals surface area contributed by atoms with Crippen molar-refractivity contribution < 1.29 is 19.1 Å². The maximum absolute atomic E-state index is 11.3. The molecule has 0 aliphatic heterocycles. The van der Waals surface area contributed by atoms with Gasteiger partial charge < -0.3 is 9.47 Å². The van der Waals surface area contributed by atoms with E-state index in [1.165, 1.54) is 14.2 Å². The zero-order valence-corrected chi connectivity index (χ0v) is 10.4. The molecule has 0 aromatic heterocycles. The molecule has 4 nitrogen and oxygen atoms in total. The third-order valence-corrected chi connectivity index (χ3v) is 2.01. The topological polar surface area (TPSA) is 52.6 Å². The highest BCUT2D eigenvalue weighted by Crippen LogP contribution is 2.08. The van der Waals surface area contributed by atoms with Gasteiger partial charge in [-0.05, 0) is 13.3 Å². The van der Waals surface area contributed by atoms with Crippen molar-refractivity contribution in [2.24, 2.45) is 5.92 Å². The number of ether oxygens (including phenoxy) is 2. The molecule has 0 rings (SSSR count). The van der Waals surface area contributed by atoms with Crippen molar-refractivity contribution in [2.45, 2.75) is 13.3 Å². The largest absolute Gasteiger partial charge is 0.468 e. The molecule has 0 aromatic rings. The normalized spacial score (nSPS) is 11.8. The van der Waals surface area contributed by atoms with Gasteiger partial charge in [0.15, 0.2) is 5.92 Å². The average Bonchev–Trinajstić information content (AvgIpc) is 2.36. The Morgan fingerprint density at radius 3 is 2.00 bits per heavy atom. The van der Waals surface area contributed by atoms with Crippen LogP contribution in [0.5, 0.6) is 0 Å². The van der Waals surface area contributed by atoms with Crippen molar-refractivity contribution >= 4 is 11.9 Å². The number of allylic oxidation sites excluding steroid dienone is 6. The SMILES string of the molecule is CC=CC=CC=CCC(C(=O)OC)C(=O)OC. The first-order valence-electron chi connectivity index (χ1n) is 5.27. The number of carbonyl (C=O) groups is 2. The first kappa shape index (κ1) is 15.2. The minimum atomic E-state index is -0.892. The van der Waals surface area contributed by atoms with Gasteiger partial charge in [0.25, 0.3) is 0 Å². The molecule has 0 bridgehead atoms. The van der Waals surface area contributed by atoms with E-state index in [-0.39, 0.29) is 6.42 Å². The molecule has 0 radical (unpaired) electrons. The fourth-order valence-electron chi connectivity index (χ4n) is 1.11. The summed E-state index contributed by atoms with van der Waals surface area (Å²) in [7, 11) is 2.49. The molecule has 0 saturated heterocycles. The van der Waals surface area contributed by atoms with E-state index in [1.54, 1.807) is 12.2 Å². The summed E-state index contributed by atoms with van der Waals surface area (Å²) in [5, 5.41) is 0. The molecule has 0 aromatic carbocycles. The molecule has 0 atom stereocenters. The van der Waals surface area contributed by atoms with Gasteiger partial charge in [-0.25, -0.2) is 0 Å². The Labute approximate surface area is 102 Å². The van der Waals surface area contributed by atoms with Crippen LogP contribution < -0.4 is 0 Å². The first-order chi connectivity index (χ1) is 8.17. The van der Waals surface area contributed by atoms with E-state index in [1.807, 2.05) is 31.2 Å². The second-order valence-electron chi connectivity index (χ2n) is 3.17. The first-order valence-corrected chi connectivity index (χ1v) is 5.27. The number of esters is 2. The zero-order chi connectivity index (χ0) is 13.1. The molecule has 0 heterocycles. The Balaban J connectivity index is 4.35. The lowest BCUT2D eigenvalue weighted by Gasteiger charge is -2.09. The van der Waals surface area contributed by atoms with Crippen LogP contribution in [-0.4, -0.2) is 26.2 Å². The van der Waals surface area contributed by atoms with Crippen LogP contribution in [0.2, 0.25) is 0 Å². The van der Waals surface area contributed by atoms with Crippen molar-refractivity contribution in [3.05, 3.63) is 36.5 Å². The van der Waals surface area contributed by atoms with Crippen molar-refractivity contribution in [1.82, 2.24) is 0 Å². The Kier molecular flexibility index (Phi) is 8.37. The summed E-state index contributed by atoms with van der Waals surface area (Å²) in [6, 6.07) is 0. The highest BCUT2D eigenvalue weighted by Gasteiger charge is 2.26. The predicted octanol–water partition coefficient (Wildman–Crippen LogP) is 2.03. The van der Waals surface area contributed by atoms with Gasteiger partial charge in [-0.2, -0.15) is 0 Å². The van der Waals surface area contributed by atoms with E-state index in [0.717, 1.165) is 0 Å². The average molecular weight is 238 g/mol. The van der Waals surface area contributed by atoms with Crippen LogP contribution in [0.1, 0.15) is 13.3 Å². The molecule has 0 aliphatic rings. The summed E-state index contributed by atoms with van der Waals surface area (Å²) in [6.45, 7) is 1.92. The number of hydrogen-bond donors (Lipinski definition) is 0. The summed E-state index contributed by atoms with van der Waals surface area (Å²) >= 11 is 0. The van der Waals surface area contributed by atoms with Crippen molar-refractivity contribution in [1.29, 1.82) is 0 Å². The molecule has 4 heteroatoms. The lowest BCUT2D eigenvalue weighted by atomic mass is 10.1. The molecule has 0 spiro atoms. The third-order valence-electron chi connectivity index (χ3n) is 2.01. The molecule has 0 unspecified atom stereocenters. The maximum Gasteiger partial charge on any atom is 0.320 e. The summed E-state index contributed by atoms with van der Waals surface area (Å²) in [4.78, 5) is 22.6. The van der Waals surface area contributed by atoms with E-state index in [0.29, 0.717) is 0 Å². The van der Waals surface area contributed by atoms with Gasteiger partial charge in [0.2, 0.25) is 0 Å². The van der Waals surface area contributed by atoms with E-state index in [2.05, 4.69) is 9.47 Å². The lowest BCUT2D eigenvalue weighted by Crippen LogP contribution is -2.25. The van der Waals surface area contributed by atoms with E-state index in [9.17, 15) is 9.59 Å². The molecular weight excluding hydrogens is 220 g/mol. The fraction of sp³-hybridized carbons (Fsp3) is 0.385. The number of rotatable bonds is 6. The van der Waals surface area contributed by atoms with E-state index >= 15 is 0 Å². The Hall–Kier alpha value is -1.84. The molecule has 0 saturated carbocycles. The smallest absolute Gasteiger partial charge is 0.320 e. The van der Waals surface area contributed by atoms with Crippen LogP contribution in [0, 0.1) is 5.92 Å². The van der Waals surface area contributed by atoms with Crippen LogP contribution in [0.15, 0.2) is 36.5 Å². The van der Waals surface area contributed by atoms with Gasteiger partial charge in [-0.15, -0.1) is 0 Å². The van der Waals surface area contributed by atoms with Crippen molar-refractivity contribution in [2.75, 3.05) is 14.2 Å². The molecular formula is C13H18O4. The van der Waals surface area contributed by atoms with Crippen molar-refractivity contribution in [3.8, 4) is 0 Å². The van der Waals surface area contributed by atoms with E-state index < -0.39 is 17.9 Å². The summed E-state index contributed by atoms with van der Waals surface area (Å²) in [5.41, 5.74) is 0. The van der Waals surface area contributed by atoms with Gasteiger partial charge in [0, 0.05) is 0 Å². The fourth-order valence-corrected chi connectivity index (χ4v) is 1.11. The molecule has 0 aliphatic carbocycles. The van der Waals surface area contributed by atoms with Gasteiger partial charge in [0.05, 0.1) is 14.2 Å². The van der Waals surface area contributed by atoms with Crippen LogP contribution in [-0.2, 0) is 19.1 Å². The molecule has 0 N–H and O–H groups in total. The third kappa shape index (κ3) is 6.35. The van der Waals surface area contributed by atoms with Gasteiger partial charge >= 0.3 is 11.9 Å². The highest BCUT2D eigenvalue weighted by atomic mass is 16.5. The Bertz CT molecular complexity index is 310. The highest BCUT2D eigenvalue weighted by molar-refractivity contribution is 5.94. The summed E-state index contributed by atoms with van der Waals surface area (Å²) in [6.07, 6.45) is 11.2. The second-order valence-corrected chi connectivity index (χ2v) is 3.17. The maximum atomic E-state index is 11.3. The van der Waals surface area contributed by atoms with Crippen LogP contribution in [0.3, 0.4) is 0 Å². The van der Waals surface area contributed by atoms with Crippen molar-refractivity contribution in [3.63, 3.8) is 0 Å². The quantitative estimate of drug-likeness (QED) is 0.403. The summed E-state index contributed by atoms with van der Waals surface area (Å²) < 4.78 is 9.06. The van der Waals surface area contributed by atoms with Gasteiger partial charge in [0.1, 0.15) is 0 Å². The number of hydrogen-bond acceptors (Lipinski definition) is 4. The molecule has 0 fully saturated rings. The molecule has 94 valence electrons. The Morgan fingerprint density at radius 1 is 1.00 bits per heavy atom. The molecule has 17 heavy (non-hydrogen) atoms. The second kappa shape index (κ2) is 9.39. The standard InChI is InChI=1S/C13H18O4/c1-4-5-6-7-8-9-10-11(12(14)16-2)13(15)17-3/h4-9,11H,10H2,1-3H3. The minimum Gasteiger partial charge on any atom is -0.468 e.